The number of guanidine groups is 1. The van der Waals surface area contributed by atoms with Gasteiger partial charge in [0.05, 0.1) is 6.61 Å². The van der Waals surface area contributed by atoms with Gasteiger partial charge in [-0.2, -0.15) is 18.2 Å². The highest BCUT2D eigenvalue weighted by Gasteiger charge is 2.27. The summed E-state index contributed by atoms with van der Waals surface area (Å²) in [4.78, 5) is 12.7. The van der Waals surface area contributed by atoms with Crippen molar-refractivity contribution in [1.82, 2.24) is 25.8 Å². The number of nitrogens with zero attached hydrogens (tertiary/aromatic N) is 4. The van der Waals surface area contributed by atoms with Crippen LogP contribution in [0.2, 0.25) is 0 Å². The van der Waals surface area contributed by atoms with Crippen molar-refractivity contribution in [3.8, 4) is 11.6 Å². The van der Waals surface area contributed by atoms with Crippen LogP contribution in [-0.4, -0.2) is 47.5 Å². The van der Waals surface area contributed by atoms with Crippen molar-refractivity contribution in [2.24, 2.45) is 4.99 Å². The quantitative estimate of drug-likeness (QED) is 0.383. The zero-order valence-electron chi connectivity index (χ0n) is 17.4. The first-order valence-electron chi connectivity index (χ1n) is 9.84. The number of rotatable bonds is 9. The number of alkyl halides is 3. The summed E-state index contributed by atoms with van der Waals surface area (Å²) in [5.74, 6) is 1.52. The molecule has 3 rings (SSSR count). The van der Waals surface area contributed by atoms with Gasteiger partial charge in [-0.3, -0.25) is 9.98 Å². The lowest BCUT2D eigenvalue weighted by molar-refractivity contribution is -0.176. The fourth-order valence-electron chi connectivity index (χ4n) is 2.69. The molecule has 0 radical (unpaired) electrons. The lowest BCUT2D eigenvalue weighted by Crippen LogP contribution is -2.37. The van der Waals surface area contributed by atoms with Gasteiger partial charge < -0.3 is 19.9 Å². The summed E-state index contributed by atoms with van der Waals surface area (Å²) in [5.41, 5.74) is 2.24. The Kier molecular flexibility index (Phi) is 8.14. The van der Waals surface area contributed by atoms with E-state index in [-0.39, 0.29) is 6.61 Å². The normalized spacial score (nSPS) is 12.1. The fourth-order valence-corrected chi connectivity index (χ4v) is 2.69. The van der Waals surface area contributed by atoms with Crippen LogP contribution in [0.5, 0.6) is 0 Å². The summed E-state index contributed by atoms with van der Waals surface area (Å²) >= 11 is 0. The third-order valence-electron chi connectivity index (χ3n) is 4.23. The molecule has 0 atom stereocenters. The van der Waals surface area contributed by atoms with E-state index in [0.29, 0.717) is 48.4 Å². The highest BCUT2D eigenvalue weighted by Crippen LogP contribution is 2.16. The molecule has 170 valence electrons. The monoisotopic (exact) mass is 448 g/mol. The molecule has 0 unspecified atom stereocenters. The van der Waals surface area contributed by atoms with Crippen molar-refractivity contribution in [1.29, 1.82) is 0 Å². The summed E-state index contributed by atoms with van der Waals surface area (Å²) in [5, 5.41) is 10.3. The molecule has 0 saturated heterocycles. The van der Waals surface area contributed by atoms with E-state index in [1.165, 1.54) is 0 Å². The highest BCUT2D eigenvalue weighted by atomic mass is 19.4. The molecule has 32 heavy (non-hydrogen) atoms. The van der Waals surface area contributed by atoms with Gasteiger partial charge in [-0.05, 0) is 23.3 Å². The largest absolute Gasteiger partial charge is 0.411 e. The minimum absolute atomic E-state index is 0.0887. The molecule has 1 aromatic carbocycles. The molecule has 0 saturated carbocycles. The van der Waals surface area contributed by atoms with Gasteiger partial charge in [0.2, 0.25) is 0 Å². The summed E-state index contributed by atoms with van der Waals surface area (Å²) < 4.78 is 46.3. The molecule has 2 N–H and O–H groups in total. The minimum atomic E-state index is -4.32. The first-order chi connectivity index (χ1) is 15.4. The van der Waals surface area contributed by atoms with E-state index in [4.69, 9.17) is 4.52 Å². The summed E-state index contributed by atoms with van der Waals surface area (Å²) in [6.45, 7) is -0.313. The minimum Gasteiger partial charge on any atom is -0.367 e. The third kappa shape index (κ3) is 7.65. The number of nitrogens with one attached hydrogen (secondary N) is 2. The standard InChI is InChI=1S/C21H23F3N6O2/c1-25-20(27-11-9-18-29-19(32-30-18)17-4-2-3-10-26-17)28-12-15-5-7-16(8-6-15)13-31-14-21(22,23)24/h2-8,10H,9,11-14H2,1H3,(H2,25,27,28). The molecule has 0 bridgehead atoms. The Morgan fingerprint density at radius 3 is 2.56 bits per heavy atom. The fraction of sp³-hybridized carbons (Fsp3) is 0.333. The number of aromatic nitrogens is 3. The smallest absolute Gasteiger partial charge is 0.367 e. The van der Waals surface area contributed by atoms with Gasteiger partial charge >= 0.3 is 6.18 Å². The van der Waals surface area contributed by atoms with Gasteiger partial charge in [0.25, 0.3) is 5.89 Å². The van der Waals surface area contributed by atoms with Gasteiger partial charge in [0.1, 0.15) is 12.3 Å². The molecule has 0 spiro atoms. The Bertz CT molecular complexity index is 991. The molecule has 0 aliphatic carbocycles. The maximum Gasteiger partial charge on any atom is 0.411 e. The Morgan fingerprint density at radius 2 is 1.88 bits per heavy atom. The SMILES string of the molecule is CN=C(NCCc1noc(-c2ccccn2)n1)NCc1ccc(COCC(F)(F)F)cc1. The molecule has 0 aliphatic heterocycles. The molecule has 2 aromatic heterocycles. The lowest BCUT2D eigenvalue weighted by Gasteiger charge is -2.12. The second-order valence-electron chi connectivity index (χ2n) is 6.76. The van der Waals surface area contributed by atoms with Crippen molar-refractivity contribution in [2.45, 2.75) is 25.7 Å². The van der Waals surface area contributed by atoms with Crippen LogP contribution >= 0.6 is 0 Å². The second kappa shape index (κ2) is 11.2. The predicted octanol–water partition coefficient (Wildman–Crippen LogP) is 3.12. The number of ether oxygens (including phenoxy) is 1. The Morgan fingerprint density at radius 1 is 1.09 bits per heavy atom. The second-order valence-corrected chi connectivity index (χ2v) is 6.76. The first-order valence-corrected chi connectivity index (χ1v) is 9.84. The molecule has 11 heteroatoms. The molecule has 0 amide bonds. The topological polar surface area (TPSA) is 97.5 Å². The van der Waals surface area contributed by atoms with Crippen molar-refractivity contribution in [3.05, 3.63) is 65.6 Å². The van der Waals surface area contributed by atoms with Crippen LogP contribution in [0.1, 0.15) is 17.0 Å². The summed E-state index contributed by atoms with van der Waals surface area (Å²) in [6, 6.07) is 12.6. The number of benzene rings is 1. The van der Waals surface area contributed by atoms with Gasteiger partial charge in [0, 0.05) is 32.8 Å². The van der Waals surface area contributed by atoms with E-state index in [1.807, 2.05) is 24.3 Å². The van der Waals surface area contributed by atoms with Crippen LogP contribution < -0.4 is 10.6 Å². The number of hydrogen-bond donors (Lipinski definition) is 2. The zero-order valence-corrected chi connectivity index (χ0v) is 17.4. The molecule has 0 fully saturated rings. The number of hydrogen-bond acceptors (Lipinski definition) is 6. The van der Waals surface area contributed by atoms with Gasteiger partial charge in [-0.1, -0.05) is 35.5 Å². The van der Waals surface area contributed by atoms with E-state index in [2.05, 4.69) is 35.5 Å². The Hall–Kier alpha value is -3.47. The van der Waals surface area contributed by atoms with Gasteiger partial charge in [-0.25, -0.2) is 0 Å². The van der Waals surface area contributed by atoms with Crippen molar-refractivity contribution < 1.29 is 22.4 Å². The molecule has 2 heterocycles. The Balaban J connectivity index is 1.39. The molecule has 8 nitrogen and oxygen atoms in total. The van der Waals surface area contributed by atoms with Crippen LogP contribution in [0.4, 0.5) is 13.2 Å². The third-order valence-corrected chi connectivity index (χ3v) is 4.23. The van der Waals surface area contributed by atoms with Crippen LogP contribution in [0.3, 0.4) is 0 Å². The molecular weight excluding hydrogens is 425 g/mol. The zero-order chi connectivity index (χ0) is 22.8. The predicted molar refractivity (Wildman–Crippen MR) is 112 cm³/mol. The van der Waals surface area contributed by atoms with E-state index in [9.17, 15) is 13.2 Å². The van der Waals surface area contributed by atoms with Gasteiger partial charge in [-0.15, -0.1) is 0 Å². The number of halogens is 3. The Labute approximate surface area is 182 Å². The summed E-state index contributed by atoms with van der Waals surface area (Å²) in [7, 11) is 1.66. The van der Waals surface area contributed by atoms with Gasteiger partial charge in [0.15, 0.2) is 11.8 Å². The highest BCUT2D eigenvalue weighted by molar-refractivity contribution is 5.79. The molecular formula is C21H23F3N6O2. The van der Waals surface area contributed by atoms with E-state index in [0.717, 1.165) is 5.56 Å². The number of aliphatic imine (C=N–C) groups is 1. The van der Waals surface area contributed by atoms with Crippen LogP contribution in [0, 0.1) is 0 Å². The van der Waals surface area contributed by atoms with Crippen molar-refractivity contribution >= 4 is 5.96 Å². The van der Waals surface area contributed by atoms with Crippen molar-refractivity contribution in [2.75, 3.05) is 20.2 Å². The lowest BCUT2D eigenvalue weighted by atomic mass is 10.1. The van der Waals surface area contributed by atoms with E-state index < -0.39 is 12.8 Å². The molecule has 3 aromatic rings. The maximum atomic E-state index is 12.1. The first kappa shape index (κ1) is 23.2. The van der Waals surface area contributed by atoms with E-state index >= 15 is 0 Å². The average Bonchev–Trinajstić information content (AvgIpc) is 3.26. The number of pyridine rings is 1. The summed E-state index contributed by atoms with van der Waals surface area (Å²) in [6.07, 6.45) is -2.13. The maximum absolute atomic E-state index is 12.1. The molecule has 0 aliphatic rings. The average molecular weight is 448 g/mol. The van der Waals surface area contributed by atoms with Crippen LogP contribution in [-0.2, 0) is 24.3 Å². The van der Waals surface area contributed by atoms with Crippen LogP contribution in [0.15, 0.2) is 58.2 Å². The van der Waals surface area contributed by atoms with Crippen LogP contribution in [0.25, 0.3) is 11.6 Å². The van der Waals surface area contributed by atoms with Crippen molar-refractivity contribution in [3.63, 3.8) is 0 Å². The van der Waals surface area contributed by atoms with E-state index in [1.54, 1.807) is 31.4 Å².